The molecule has 0 bridgehead atoms. The van der Waals surface area contributed by atoms with Crippen molar-refractivity contribution in [2.75, 3.05) is 13.2 Å². The van der Waals surface area contributed by atoms with E-state index in [1.54, 1.807) is 0 Å². The van der Waals surface area contributed by atoms with Gasteiger partial charge in [-0.05, 0) is 18.9 Å². The van der Waals surface area contributed by atoms with Crippen molar-refractivity contribution < 1.29 is 27.5 Å². The van der Waals surface area contributed by atoms with Crippen molar-refractivity contribution >= 4 is 17.6 Å². The van der Waals surface area contributed by atoms with Gasteiger partial charge in [-0.25, -0.2) is 4.79 Å². The molecule has 0 aliphatic carbocycles. The molecule has 156 valence electrons. The lowest BCUT2D eigenvalue weighted by molar-refractivity contribution is -0.161. The molecule has 0 atom stereocenters. The minimum Gasteiger partial charge on any atom is -0.451 e. The van der Waals surface area contributed by atoms with E-state index >= 15 is 0 Å². The monoisotopic (exact) mass is 411 g/mol. The van der Waals surface area contributed by atoms with E-state index < -0.39 is 18.8 Å². The molecule has 0 fully saturated rings. The van der Waals surface area contributed by atoms with Crippen LogP contribution in [0.2, 0.25) is 5.02 Å². The molecule has 0 aliphatic rings. The molecule has 0 saturated carbocycles. The quantitative estimate of drug-likeness (QED) is 0.270. The molecule has 0 radical (unpaired) electrons. The summed E-state index contributed by atoms with van der Waals surface area (Å²) in [4.78, 5) is 17.2. The first-order valence-electron chi connectivity index (χ1n) is 9.59. The molecule has 8 heteroatoms. The van der Waals surface area contributed by atoms with Gasteiger partial charge in [-0.2, -0.15) is 17.9 Å². The van der Waals surface area contributed by atoms with Gasteiger partial charge in [-0.15, -0.1) is 0 Å². The molecule has 1 aromatic rings. The minimum atomic E-state index is -4.59. The molecule has 0 aliphatic heterocycles. The number of ether oxygens (including phenoxy) is 1. The van der Waals surface area contributed by atoms with Crippen molar-refractivity contribution in [2.24, 2.45) is 0 Å². The summed E-state index contributed by atoms with van der Waals surface area (Å²) in [5.41, 5.74) is -0.229. The largest absolute Gasteiger partial charge is 0.451 e. The van der Waals surface area contributed by atoms with E-state index in [-0.39, 0.29) is 10.7 Å². The number of unbranched alkanes of at least 4 members (excludes halogenated alkanes) is 9. The van der Waals surface area contributed by atoms with E-state index in [4.69, 9.17) is 16.4 Å². The fourth-order valence-electron chi connectivity index (χ4n) is 2.66. The van der Waals surface area contributed by atoms with Gasteiger partial charge in [0.2, 0.25) is 0 Å². The normalized spacial score (nSPS) is 11.6. The van der Waals surface area contributed by atoms with Gasteiger partial charge in [-0.1, -0.05) is 69.9 Å². The Hall–Kier alpha value is -1.37. The first-order chi connectivity index (χ1) is 12.8. The molecule has 1 heterocycles. The molecular weight excluding hydrogens is 383 g/mol. The van der Waals surface area contributed by atoms with Gasteiger partial charge in [0.1, 0.15) is 6.61 Å². The molecule has 0 amide bonds. The highest BCUT2D eigenvalue weighted by Crippen LogP contribution is 2.20. The summed E-state index contributed by atoms with van der Waals surface area (Å²) in [5.74, 6) is -1.16. The minimum absolute atomic E-state index is 0.00903. The second-order valence-electron chi connectivity index (χ2n) is 6.54. The third-order valence-corrected chi connectivity index (χ3v) is 4.40. The Morgan fingerprint density at radius 1 is 1.04 bits per heavy atom. The van der Waals surface area contributed by atoms with E-state index in [9.17, 15) is 18.0 Å². The summed E-state index contributed by atoms with van der Waals surface area (Å²) >= 11 is 5.85. The molecule has 1 rings (SSSR count). The number of nitrogens with zero attached hydrogens (tertiary/aromatic N) is 1. The lowest BCUT2D eigenvalue weighted by Crippen LogP contribution is -2.24. The lowest BCUT2D eigenvalue weighted by atomic mass is 10.1. The predicted octanol–water partition coefficient (Wildman–Crippen LogP) is 6.21. The first kappa shape index (κ1) is 23.7. The Morgan fingerprint density at radius 3 is 2.15 bits per heavy atom. The van der Waals surface area contributed by atoms with E-state index in [2.05, 4.69) is 11.7 Å². The molecule has 4 nitrogen and oxygen atoms in total. The van der Waals surface area contributed by atoms with Crippen LogP contribution in [-0.2, 0) is 4.74 Å². The SMILES string of the molecule is CCCCCCCCCCCCOn1ccc(Cl)c1C(=O)OCC(F)(F)F. The van der Waals surface area contributed by atoms with Gasteiger partial charge < -0.3 is 9.57 Å². The van der Waals surface area contributed by atoms with E-state index in [1.165, 1.54) is 57.2 Å². The molecule has 1 aromatic heterocycles. The predicted molar refractivity (Wildman–Crippen MR) is 99.1 cm³/mol. The summed E-state index contributed by atoms with van der Waals surface area (Å²) < 4.78 is 41.8. The Labute approximate surface area is 163 Å². The highest BCUT2D eigenvalue weighted by atomic mass is 35.5. The molecule has 27 heavy (non-hydrogen) atoms. The van der Waals surface area contributed by atoms with Crippen LogP contribution in [-0.4, -0.2) is 30.1 Å². The number of hydrogen-bond acceptors (Lipinski definition) is 3. The Morgan fingerprint density at radius 2 is 1.59 bits per heavy atom. The summed E-state index contributed by atoms with van der Waals surface area (Å²) in [6.07, 6.45) is 8.62. The smallest absolute Gasteiger partial charge is 0.422 e. The maximum Gasteiger partial charge on any atom is 0.422 e. The molecule has 0 aromatic carbocycles. The number of hydrogen-bond donors (Lipinski definition) is 0. The first-order valence-corrected chi connectivity index (χ1v) is 9.97. The summed E-state index contributed by atoms with van der Waals surface area (Å²) in [6, 6.07) is 1.38. The van der Waals surface area contributed by atoms with Crippen molar-refractivity contribution in [3.05, 3.63) is 23.0 Å². The number of rotatable bonds is 14. The zero-order valence-electron chi connectivity index (χ0n) is 15.8. The average molecular weight is 412 g/mol. The van der Waals surface area contributed by atoms with Gasteiger partial charge in [0.15, 0.2) is 12.3 Å². The maximum absolute atomic E-state index is 12.2. The third-order valence-electron chi connectivity index (χ3n) is 4.09. The highest BCUT2D eigenvalue weighted by Gasteiger charge is 2.31. The Bertz CT molecular complexity index is 547. The summed E-state index contributed by atoms with van der Waals surface area (Å²) in [5, 5.41) is -0.00903. The van der Waals surface area contributed by atoms with Gasteiger partial charge in [-0.3, -0.25) is 0 Å². The average Bonchev–Trinajstić information content (AvgIpc) is 2.97. The molecule has 0 spiro atoms. The van der Waals surface area contributed by atoms with Crippen molar-refractivity contribution in [2.45, 2.75) is 77.3 Å². The topological polar surface area (TPSA) is 40.5 Å². The van der Waals surface area contributed by atoms with Crippen molar-refractivity contribution in [1.82, 2.24) is 4.73 Å². The molecule has 0 N–H and O–H groups in total. The van der Waals surface area contributed by atoms with Crippen LogP contribution in [0.4, 0.5) is 13.2 Å². The van der Waals surface area contributed by atoms with E-state index in [1.807, 2.05) is 0 Å². The van der Waals surface area contributed by atoms with Crippen molar-refractivity contribution in [3.63, 3.8) is 0 Å². The van der Waals surface area contributed by atoms with Crippen LogP contribution >= 0.6 is 11.6 Å². The van der Waals surface area contributed by atoms with Gasteiger partial charge in [0.05, 0.1) is 5.02 Å². The lowest BCUT2D eigenvalue weighted by Gasteiger charge is -2.12. The number of halogens is 4. The molecule has 0 saturated heterocycles. The molecule has 0 unspecified atom stereocenters. The number of esters is 1. The summed E-state index contributed by atoms with van der Waals surface area (Å²) in [6.45, 7) is 0.894. The highest BCUT2D eigenvalue weighted by molar-refractivity contribution is 6.33. The fourth-order valence-corrected chi connectivity index (χ4v) is 2.87. The van der Waals surface area contributed by atoms with E-state index in [0.29, 0.717) is 6.61 Å². The van der Waals surface area contributed by atoms with Crippen LogP contribution in [0.15, 0.2) is 12.3 Å². The van der Waals surface area contributed by atoms with Crippen molar-refractivity contribution in [1.29, 1.82) is 0 Å². The van der Waals surface area contributed by atoms with Gasteiger partial charge >= 0.3 is 12.1 Å². The second kappa shape index (κ2) is 12.9. The standard InChI is InChI=1S/C19H29ClF3NO3/c1-2-3-4-5-6-7-8-9-10-11-14-27-24-13-12-16(20)17(24)18(25)26-15-19(21,22)23/h12-13H,2-11,14-15H2,1H3. The number of carbonyl (C=O) groups is 1. The van der Waals surface area contributed by atoms with Gasteiger partial charge in [0, 0.05) is 6.20 Å². The number of carbonyl (C=O) groups excluding carboxylic acids is 1. The van der Waals surface area contributed by atoms with Crippen LogP contribution in [0, 0.1) is 0 Å². The maximum atomic E-state index is 12.2. The van der Waals surface area contributed by atoms with Crippen LogP contribution in [0.25, 0.3) is 0 Å². The number of alkyl halides is 3. The van der Waals surface area contributed by atoms with Crippen LogP contribution in [0.3, 0.4) is 0 Å². The van der Waals surface area contributed by atoms with Crippen LogP contribution in [0.1, 0.15) is 81.6 Å². The molecular formula is C19H29ClF3NO3. The van der Waals surface area contributed by atoms with Crippen molar-refractivity contribution in [3.8, 4) is 0 Å². The number of aromatic nitrogens is 1. The van der Waals surface area contributed by atoms with Gasteiger partial charge in [0.25, 0.3) is 0 Å². The van der Waals surface area contributed by atoms with Crippen LogP contribution in [0.5, 0.6) is 0 Å². The van der Waals surface area contributed by atoms with Crippen LogP contribution < -0.4 is 4.84 Å². The zero-order valence-corrected chi connectivity index (χ0v) is 16.6. The summed E-state index contributed by atoms with van der Waals surface area (Å²) in [7, 11) is 0. The Balaban J connectivity index is 2.21. The third kappa shape index (κ3) is 10.5. The fraction of sp³-hybridized carbons (Fsp3) is 0.737. The van der Waals surface area contributed by atoms with E-state index in [0.717, 1.165) is 24.0 Å². The Kier molecular flexibility index (Phi) is 11.3. The zero-order chi connectivity index (χ0) is 20.1. The second-order valence-corrected chi connectivity index (χ2v) is 6.95.